The number of rotatable bonds is 5. The Bertz CT molecular complexity index is 3620. The van der Waals surface area contributed by atoms with Gasteiger partial charge in [0, 0.05) is 0 Å². The van der Waals surface area contributed by atoms with Crippen molar-refractivity contribution < 1.29 is 5.11 Å². The fraction of sp³-hybridized carbons (Fsp3) is 0.0323. The maximum absolute atomic E-state index is 9.50. The molecule has 0 aromatic heterocycles. The van der Waals surface area contributed by atoms with Crippen LogP contribution in [0.2, 0.25) is 0 Å². The molecule has 1 nitrogen and oxygen atoms in total. The van der Waals surface area contributed by atoms with Gasteiger partial charge in [0.05, 0.1) is 6.61 Å². The van der Waals surface area contributed by atoms with Crippen LogP contribution in [-0.2, 0) is 6.61 Å². The summed E-state index contributed by atoms with van der Waals surface area (Å²) >= 11 is 0. The van der Waals surface area contributed by atoms with Crippen molar-refractivity contribution in [3.8, 4) is 44.5 Å². The SMILES string of the molecule is Cc1cccc(-c2cccc(-c3ccc4c5ccccc5c5ccccc5c4c3)c2)c1.OCc1cccc(-c2cccc(-c3ccc4c5ccccc5c5ccccc5c4c3)c2)c1. The second-order valence-corrected chi connectivity index (χ2v) is 16.6. The molecule has 0 fully saturated rings. The van der Waals surface area contributed by atoms with Gasteiger partial charge in [0.1, 0.15) is 0 Å². The van der Waals surface area contributed by atoms with E-state index in [1.165, 1.54) is 104 Å². The van der Waals surface area contributed by atoms with Crippen LogP contribution in [-0.4, -0.2) is 5.11 Å². The van der Waals surface area contributed by atoms with Gasteiger partial charge >= 0.3 is 0 Å². The van der Waals surface area contributed by atoms with Gasteiger partial charge in [0.15, 0.2) is 0 Å². The first-order valence-corrected chi connectivity index (χ1v) is 21.7. The van der Waals surface area contributed by atoms with Crippen molar-refractivity contribution >= 4 is 64.6 Å². The molecular formula is C62H44O. The summed E-state index contributed by atoms with van der Waals surface area (Å²) < 4.78 is 0. The Morgan fingerprint density at radius 3 is 0.889 bits per heavy atom. The number of fused-ring (bicyclic) bond motifs is 12. The Hall–Kier alpha value is -7.84. The third-order valence-corrected chi connectivity index (χ3v) is 12.7. The number of aliphatic hydroxyl groups excluding tert-OH is 1. The second kappa shape index (κ2) is 16.2. The molecule has 0 amide bonds. The maximum Gasteiger partial charge on any atom is 0.0682 e. The molecule has 0 unspecified atom stereocenters. The molecule has 12 aromatic carbocycles. The lowest BCUT2D eigenvalue weighted by atomic mass is 9.91. The highest BCUT2D eigenvalue weighted by Crippen LogP contribution is 2.39. The summed E-state index contributed by atoms with van der Waals surface area (Å²) in [5, 5.41) is 25.1. The van der Waals surface area contributed by atoms with E-state index >= 15 is 0 Å². The molecular weight excluding hydrogens is 761 g/mol. The number of aliphatic hydroxyl groups is 1. The van der Waals surface area contributed by atoms with Crippen molar-refractivity contribution in [3.05, 3.63) is 242 Å². The van der Waals surface area contributed by atoms with Gasteiger partial charge in [-0.25, -0.2) is 0 Å². The molecule has 12 rings (SSSR count). The molecule has 0 radical (unpaired) electrons. The van der Waals surface area contributed by atoms with Crippen LogP contribution >= 0.6 is 0 Å². The van der Waals surface area contributed by atoms with Gasteiger partial charge in [-0.3, -0.25) is 0 Å². The minimum atomic E-state index is 0.0548. The van der Waals surface area contributed by atoms with Gasteiger partial charge in [-0.05, 0) is 152 Å². The molecule has 0 bridgehead atoms. The van der Waals surface area contributed by atoms with Crippen LogP contribution in [0.25, 0.3) is 109 Å². The minimum Gasteiger partial charge on any atom is -0.392 e. The summed E-state index contributed by atoms with van der Waals surface area (Å²) in [6.07, 6.45) is 0. The van der Waals surface area contributed by atoms with E-state index in [0.717, 1.165) is 16.7 Å². The van der Waals surface area contributed by atoms with Crippen LogP contribution in [0, 0.1) is 6.92 Å². The highest BCUT2D eigenvalue weighted by Gasteiger charge is 2.12. The van der Waals surface area contributed by atoms with Gasteiger partial charge in [0.2, 0.25) is 0 Å². The van der Waals surface area contributed by atoms with Crippen molar-refractivity contribution in [2.75, 3.05) is 0 Å². The summed E-state index contributed by atoms with van der Waals surface area (Å²) in [5.74, 6) is 0. The van der Waals surface area contributed by atoms with Crippen LogP contribution in [0.4, 0.5) is 0 Å². The van der Waals surface area contributed by atoms with Gasteiger partial charge in [-0.2, -0.15) is 0 Å². The standard InChI is InChI=1S/C31H22O.C31H22/c32-20-21-7-5-8-22(17-21)23-9-6-10-24(18-23)25-15-16-30-28-13-2-1-11-26(28)27-12-3-4-14-29(27)31(30)19-25;1-21-8-6-9-22(18-21)23-10-7-11-24(19-23)25-16-17-30-28-14-3-2-12-26(28)27-13-4-5-15-29(27)31(30)20-25/h1-19,32H,20H2;2-20H,1H3. The van der Waals surface area contributed by atoms with E-state index < -0.39 is 0 Å². The Balaban J connectivity index is 0.000000141. The summed E-state index contributed by atoms with van der Waals surface area (Å²) in [6.45, 7) is 2.20. The van der Waals surface area contributed by atoms with Crippen LogP contribution in [0.3, 0.4) is 0 Å². The quantitative estimate of drug-likeness (QED) is 0.172. The van der Waals surface area contributed by atoms with Crippen LogP contribution in [0.5, 0.6) is 0 Å². The van der Waals surface area contributed by atoms with E-state index in [-0.39, 0.29) is 6.61 Å². The lowest BCUT2D eigenvalue weighted by Crippen LogP contribution is -1.87. The van der Waals surface area contributed by atoms with Crippen molar-refractivity contribution in [2.45, 2.75) is 13.5 Å². The van der Waals surface area contributed by atoms with Crippen LogP contribution in [0.15, 0.2) is 231 Å². The molecule has 1 heteroatoms. The molecule has 0 spiro atoms. The van der Waals surface area contributed by atoms with Crippen molar-refractivity contribution in [1.29, 1.82) is 0 Å². The van der Waals surface area contributed by atoms with Gasteiger partial charge in [-0.1, -0.05) is 206 Å². The largest absolute Gasteiger partial charge is 0.392 e. The Kier molecular flexibility index (Phi) is 9.81. The molecule has 0 aliphatic heterocycles. The van der Waals surface area contributed by atoms with Crippen LogP contribution in [0.1, 0.15) is 11.1 Å². The fourth-order valence-electron chi connectivity index (χ4n) is 9.60. The predicted molar refractivity (Wildman–Crippen MR) is 270 cm³/mol. The predicted octanol–water partition coefficient (Wildman–Crippen LogP) is 16.8. The topological polar surface area (TPSA) is 20.2 Å². The average molecular weight is 805 g/mol. The second-order valence-electron chi connectivity index (χ2n) is 16.6. The third kappa shape index (κ3) is 7.09. The molecule has 0 atom stereocenters. The first-order valence-electron chi connectivity index (χ1n) is 21.7. The number of hydrogen-bond acceptors (Lipinski definition) is 1. The van der Waals surface area contributed by atoms with E-state index in [4.69, 9.17) is 0 Å². The van der Waals surface area contributed by atoms with Crippen molar-refractivity contribution in [2.24, 2.45) is 0 Å². The van der Waals surface area contributed by atoms with E-state index in [2.05, 4.69) is 225 Å². The highest BCUT2D eigenvalue weighted by atomic mass is 16.3. The van der Waals surface area contributed by atoms with E-state index in [1.807, 2.05) is 12.1 Å². The summed E-state index contributed by atoms with van der Waals surface area (Å²) in [5.41, 5.74) is 11.9. The van der Waals surface area contributed by atoms with E-state index in [1.54, 1.807) is 0 Å². The zero-order valence-corrected chi connectivity index (χ0v) is 35.1. The highest BCUT2D eigenvalue weighted by molar-refractivity contribution is 6.27. The van der Waals surface area contributed by atoms with Crippen molar-refractivity contribution in [1.82, 2.24) is 0 Å². The monoisotopic (exact) mass is 804 g/mol. The molecule has 0 heterocycles. The molecule has 0 aliphatic rings. The summed E-state index contributed by atoms with van der Waals surface area (Å²) in [4.78, 5) is 0. The normalized spacial score (nSPS) is 11.4. The maximum atomic E-state index is 9.50. The lowest BCUT2D eigenvalue weighted by molar-refractivity contribution is 0.282. The Labute approximate surface area is 367 Å². The Morgan fingerprint density at radius 1 is 0.238 bits per heavy atom. The first kappa shape index (κ1) is 38.1. The lowest BCUT2D eigenvalue weighted by Gasteiger charge is -2.12. The smallest absolute Gasteiger partial charge is 0.0682 e. The zero-order chi connectivity index (χ0) is 42.3. The number of hydrogen-bond donors (Lipinski definition) is 1. The van der Waals surface area contributed by atoms with Gasteiger partial charge < -0.3 is 5.11 Å². The summed E-state index contributed by atoms with van der Waals surface area (Å²) in [7, 11) is 0. The molecule has 0 saturated heterocycles. The molecule has 0 saturated carbocycles. The molecule has 1 N–H and O–H groups in total. The zero-order valence-electron chi connectivity index (χ0n) is 35.1. The summed E-state index contributed by atoms with van der Waals surface area (Å²) in [6, 6.07) is 82.9. The molecule has 63 heavy (non-hydrogen) atoms. The average Bonchev–Trinajstić information content (AvgIpc) is 3.36. The van der Waals surface area contributed by atoms with E-state index in [0.29, 0.717) is 0 Å². The van der Waals surface area contributed by atoms with E-state index in [9.17, 15) is 5.11 Å². The molecule has 298 valence electrons. The molecule has 12 aromatic rings. The Morgan fingerprint density at radius 2 is 0.524 bits per heavy atom. The number of benzene rings is 12. The van der Waals surface area contributed by atoms with Gasteiger partial charge in [-0.15, -0.1) is 0 Å². The number of aryl methyl sites for hydroxylation is 1. The fourth-order valence-corrected chi connectivity index (χ4v) is 9.60. The third-order valence-electron chi connectivity index (χ3n) is 12.7. The molecule has 0 aliphatic carbocycles. The van der Waals surface area contributed by atoms with Crippen LogP contribution < -0.4 is 0 Å². The first-order chi connectivity index (χ1) is 31.1. The van der Waals surface area contributed by atoms with Gasteiger partial charge in [0.25, 0.3) is 0 Å². The minimum absolute atomic E-state index is 0.0548. The van der Waals surface area contributed by atoms with Crippen molar-refractivity contribution in [3.63, 3.8) is 0 Å².